The van der Waals surface area contributed by atoms with Crippen molar-refractivity contribution in [3.8, 4) is 0 Å². The zero-order valence-electron chi connectivity index (χ0n) is 14.0. The summed E-state index contributed by atoms with van der Waals surface area (Å²) in [5, 5.41) is 15.1. The number of carbonyl (C=O) groups is 2. The van der Waals surface area contributed by atoms with Crippen molar-refractivity contribution in [2.45, 2.75) is 32.4 Å². The van der Waals surface area contributed by atoms with Crippen LogP contribution >= 0.6 is 0 Å². The average molecular weight is 338 g/mol. The van der Waals surface area contributed by atoms with Crippen molar-refractivity contribution in [1.82, 2.24) is 5.32 Å². The number of para-hydroxylation sites is 1. The van der Waals surface area contributed by atoms with Gasteiger partial charge in [-0.1, -0.05) is 42.5 Å². The largest absolute Gasteiger partial charge is 0.392 e. The molecule has 5 nitrogen and oxygen atoms in total. The number of anilines is 1. The molecule has 2 aromatic carbocycles. The number of nitrogens with one attached hydrogen (secondary N) is 2. The fourth-order valence-electron chi connectivity index (χ4n) is 3.12. The lowest BCUT2D eigenvalue weighted by Gasteiger charge is -2.24. The normalized spacial score (nSPS) is 16.0. The molecular weight excluding hydrogens is 316 g/mol. The quantitative estimate of drug-likeness (QED) is 0.757. The number of hydrogen-bond donors (Lipinski definition) is 3. The second kappa shape index (κ2) is 7.94. The van der Waals surface area contributed by atoms with E-state index in [9.17, 15) is 14.7 Å². The molecule has 1 aliphatic heterocycles. The minimum atomic E-state index is -0.176. The van der Waals surface area contributed by atoms with Gasteiger partial charge in [0, 0.05) is 24.6 Å². The molecule has 0 aromatic heterocycles. The summed E-state index contributed by atoms with van der Waals surface area (Å²) in [7, 11) is 0. The number of hydrogen-bond acceptors (Lipinski definition) is 3. The van der Waals surface area contributed by atoms with E-state index < -0.39 is 0 Å². The Bertz CT molecular complexity index is 773. The molecule has 0 aliphatic carbocycles. The van der Waals surface area contributed by atoms with Gasteiger partial charge in [0.25, 0.3) is 0 Å². The molecule has 1 atom stereocenters. The zero-order chi connectivity index (χ0) is 17.6. The number of amides is 2. The molecule has 1 heterocycles. The number of benzene rings is 2. The number of carbonyl (C=O) groups excluding carboxylic acids is 2. The molecule has 0 spiro atoms. The maximum atomic E-state index is 12.2. The van der Waals surface area contributed by atoms with Crippen LogP contribution in [-0.4, -0.2) is 16.9 Å². The molecule has 0 bridgehead atoms. The van der Waals surface area contributed by atoms with Gasteiger partial charge in [-0.25, -0.2) is 0 Å². The van der Waals surface area contributed by atoms with Crippen molar-refractivity contribution in [2.24, 2.45) is 5.92 Å². The summed E-state index contributed by atoms with van der Waals surface area (Å²) in [6, 6.07) is 15.2. The minimum absolute atomic E-state index is 0.0165. The van der Waals surface area contributed by atoms with Gasteiger partial charge in [0.05, 0.1) is 6.61 Å². The van der Waals surface area contributed by atoms with Gasteiger partial charge in [-0.05, 0) is 35.6 Å². The first-order valence-electron chi connectivity index (χ1n) is 8.50. The van der Waals surface area contributed by atoms with E-state index in [0.29, 0.717) is 25.8 Å². The Balaban J connectivity index is 1.50. The molecule has 3 N–H and O–H groups in total. The Hall–Kier alpha value is -2.66. The molecule has 0 saturated carbocycles. The van der Waals surface area contributed by atoms with Crippen LogP contribution in [0.3, 0.4) is 0 Å². The van der Waals surface area contributed by atoms with Crippen LogP contribution in [0.1, 0.15) is 29.5 Å². The third kappa shape index (κ3) is 4.25. The van der Waals surface area contributed by atoms with E-state index in [1.165, 1.54) is 0 Å². The third-order valence-electron chi connectivity index (χ3n) is 4.60. The first-order valence-corrected chi connectivity index (χ1v) is 8.50. The lowest BCUT2D eigenvalue weighted by molar-refractivity contribution is -0.122. The van der Waals surface area contributed by atoms with Gasteiger partial charge in [-0.2, -0.15) is 0 Å². The van der Waals surface area contributed by atoms with Gasteiger partial charge in [-0.15, -0.1) is 0 Å². The van der Waals surface area contributed by atoms with Gasteiger partial charge >= 0.3 is 0 Å². The highest BCUT2D eigenvalue weighted by Gasteiger charge is 2.26. The molecule has 0 fully saturated rings. The zero-order valence-corrected chi connectivity index (χ0v) is 14.0. The Morgan fingerprint density at radius 2 is 1.84 bits per heavy atom. The van der Waals surface area contributed by atoms with Crippen LogP contribution < -0.4 is 10.6 Å². The summed E-state index contributed by atoms with van der Waals surface area (Å²) in [6.07, 6.45) is 1.50. The highest BCUT2D eigenvalue weighted by atomic mass is 16.3. The summed E-state index contributed by atoms with van der Waals surface area (Å²) in [6.45, 7) is 0.336. The second-order valence-electron chi connectivity index (χ2n) is 6.29. The Morgan fingerprint density at radius 3 is 2.64 bits per heavy atom. The molecule has 3 rings (SSSR count). The van der Waals surface area contributed by atoms with Crippen LogP contribution in [0.15, 0.2) is 48.5 Å². The highest BCUT2D eigenvalue weighted by molar-refractivity contribution is 5.96. The van der Waals surface area contributed by atoms with Crippen LogP contribution in [0.4, 0.5) is 5.69 Å². The van der Waals surface area contributed by atoms with E-state index in [0.717, 1.165) is 22.4 Å². The highest BCUT2D eigenvalue weighted by Crippen LogP contribution is 2.27. The van der Waals surface area contributed by atoms with Crippen LogP contribution in [0, 0.1) is 5.92 Å². The summed E-state index contributed by atoms with van der Waals surface area (Å²) < 4.78 is 0. The summed E-state index contributed by atoms with van der Waals surface area (Å²) >= 11 is 0. The molecule has 5 heteroatoms. The van der Waals surface area contributed by atoms with E-state index in [1.54, 1.807) is 0 Å². The second-order valence-corrected chi connectivity index (χ2v) is 6.29. The molecule has 130 valence electrons. The van der Waals surface area contributed by atoms with Crippen molar-refractivity contribution < 1.29 is 14.7 Å². The first kappa shape index (κ1) is 17.2. The lowest BCUT2D eigenvalue weighted by Crippen LogP contribution is -2.31. The maximum absolute atomic E-state index is 12.2. The first-order chi connectivity index (χ1) is 12.2. The minimum Gasteiger partial charge on any atom is -0.392 e. The van der Waals surface area contributed by atoms with Gasteiger partial charge < -0.3 is 15.7 Å². The van der Waals surface area contributed by atoms with E-state index in [1.807, 2.05) is 48.5 Å². The summed E-state index contributed by atoms with van der Waals surface area (Å²) in [5.41, 5.74) is 3.70. The van der Waals surface area contributed by atoms with Gasteiger partial charge in [0.1, 0.15) is 0 Å². The van der Waals surface area contributed by atoms with Crippen molar-refractivity contribution in [3.63, 3.8) is 0 Å². The van der Waals surface area contributed by atoms with E-state index >= 15 is 0 Å². The molecular formula is C20H22N2O3. The number of rotatable bonds is 6. The standard InChI is InChI=1S/C20H22N2O3/c23-13-17-7-2-1-6-16(17)12-21-19(24)10-9-15-11-14-5-3-4-8-18(14)22-20(15)25/h1-8,15,23H,9-13H2,(H,21,24)(H,22,25). The fourth-order valence-corrected chi connectivity index (χ4v) is 3.12. The molecule has 1 aliphatic rings. The third-order valence-corrected chi connectivity index (χ3v) is 4.60. The SMILES string of the molecule is O=C(CCC1Cc2ccccc2NC1=O)NCc1ccccc1CO. The van der Waals surface area contributed by atoms with Crippen LogP contribution in [0.25, 0.3) is 0 Å². The number of aliphatic hydroxyl groups excluding tert-OH is 1. The topological polar surface area (TPSA) is 78.4 Å². The van der Waals surface area contributed by atoms with Crippen LogP contribution in [-0.2, 0) is 29.2 Å². The Morgan fingerprint density at radius 1 is 1.12 bits per heavy atom. The Kier molecular flexibility index (Phi) is 5.46. The Labute approximate surface area is 147 Å². The molecule has 1 unspecified atom stereocenters. The fraction of sp³-hybridized carbons (Fsp3) is 0.300. The molecule has 25 heavy (non-hydrogen) atoms. The smallest absolute Gasteiger partial charge is 0.227 e. The average Bonchev–Trinajstić information content (AvgIpc) is 2.64. The number of aliphatic hydroxyl groups is 1. The van der Waals surface area contributed by atoms with Crippen molar-refractivity contribution in [3.05, 3.63) is 65.2 Å². The molecule has 0 radical (unpaired) electrons. The predicted octanol–water partition coefficient (Wildman–Crippen LogP) is 2.39. The lowest BCUT2D eigenvalue weighted by atomic mass is 9.89. The summed E-state index contributed by atoms with van der Waals surface area (Å²) in [5.74, 6) is -0.276. The van der Waals surface area contributed by atoms with E-state index in [4.69, 9.17) is 0 Å². The van der Waals surface area contributed by atoms with E-state index in [-0.39, 0.29) is 24.3 Å². The maximum Gasteiger partial charge on any atom is 0.227 e. The van der Waals surface area contributed by atoms with Gasteiger partial charge in [0.2, 0.25) is 11.8 Å². The monoisotopic (exact) mass is 338 g/mol. The molecule has 2 amide bonds. The summed E-state index contributed by atoms with van der Waals surface area (Å²) in [4.78, 5) is 24.3. The van der Waals surface area contributed by atoms with Gasteiger partial charge in [-0.3, -0.25) is 9.59 Å². The van der Waals surface area contributed by atoms with Crippen molar-refractivity contribution in [1.29, 1.82) is 0 Å². The number of fused-ring (bicyclic) bond motifs is 1. The van der Waals surface area contributed by atoms with Crippen molar-refractivity contribution >= 4 is 17.5 Å². The van der Waals surface area contributed by atoms with Crippen LogP contribution in [0.2, 0.25) is 0 Å². The molecule has 2 aromatic rings. The van der Waals surface area contributed by atoms with E-state index in [2.05, 4.69) is 10.6 Å². The van der Waals surface area contributed by atoms with Crippen molar-refractivity contribution in [2.75, 3.05) is 5.32 Å². The van der Waals surface area contributed by atoms with Crippen LogP contribution in [0.5, 0.6) is 0 Å². The van der Waals surface area contributed by atoms with Gasteiger partial charge in [0.15, 0.2) is 0 Å². The molecule has 0 saturated heterocycles. The predicted molar refractivity (Wildman–Crippen MR) is 95.7 cm³/mol.